The van der Waals surface area contributed by atoms with Crippen LogP contribution in [0.1, 0.15) is 50.0 Å². The molecule has 0 saturated carbocycles. The number of carbonyl (C=O) groups excluding carboxylic acids is 2. The molecule has 2 heterocycles. The summed E-state index contributed by atoms with van der Waals surface area (Å²) in [7, 11) is 0. The van der Waals surface area contributed by atoms with E-state index in [1.165, 1.54) is 18.4 Å². The quantitative estimate of drug-likeness (QED) is 0.911. The molecule has 2 aliphatic heterocycles. The highest BCUT2D eigenvalue weighted by Gasteiger charge is 2.33. The molecular weight excluding hydrogens is 314 g/mol. The molecular formula is C20H29N3O2. The largest absolute Gasteiger partial charge is 0.343 e. The molecule has 1 aromatic carbocycles. The minimum Gasteiger partial charge on any atom is -0.343 e. The van der Waals surface area contributed by atoms with Crippen LogP contribution in [0.15, 0.2) is 30.3 Å². The van der Waals surface area contributed by atoms with Crippen LogP contribution < -0.4 is 5.73 Å². The lowest BCUT2D eigenvalue weighted by atomic mass is 9.95. The van der Waals surface area contributed by atoms with Gasteiger partial charge in [0, 0.05) is 51.0 Å². The molecule has 136 valence electrons. The SMILES string of the molecule is NC1CN(C(=O)CCC(=O)N2CCCCCC2)CC1c1ccccc1. The van der Waals surface area contributed by atoms with Crippen LogP contribution in [0.4, 0.5) is 0 Å². The van der Waals surface area contributed by atoms with Gasteiger partial charge in [-0.25, -0.2) is 0 Å². The minimum absolute atomic E-state index is 0.0346. The summed E-state index contributed by atoms with van der Waals surface area (Å²) in [5.41, 5.74) is 7.45. The van der Waals surface area contributed by atoms with Crippen molar-refractivity contribution in [3.05, 3.63) is 35.9 Å². The highest BCUT2D eigenvalue weighted by Crippen LogP contribution is 2.27. The Labute approximate surface area is 150 Å². The second-order valence-corrected chi connectivity index (χ2v) is 7.27. The van der Waals surface area contributed by atoms with Crippen molar-refractivity contribution in [3.63, 3.8) is 0 Å². The van der Waals surface area contributed by atoms with Crippen molar-refractivity contribution in [1.82, 2.24) is 9.80 Å². The van der Waals surface area contributed by atoms with Crippen LogP contribution in [0.5, 0.6) is 0 Å². The van der Waals surface area contributed by atoms with E-state index in [9.17, 15) is 9.59 Å². The van der Waals surface area contributed by atoms with Gasteiger partial charge in [0.25, 0.3) is 0 Å². The molecule has 2 N–H and O–H groups in total. The number of hydrogen-bond acceptors (Lipinski definition) is 3. The molecule has 5 nitrogen and oxygen atoms in total. The molecule has 1 aromatic rings. The van der Waals surface area contributed by atoms with Gasteiger partial charge in [0.15, 0.2) is 0 Å². The monoisotopic (exact) mass is 343 g/mol. The molecule has 0 radical (unpaired) electrons. The van der Waals surface area contributed by atoms with Crippen molar-refractivity contribution >= 4 is 11.8 Å². The van der Waals surface area contributed by atoms with Crippen molar-refractivity contribution in [2.24, 2.45) is 5.73 Å². The number of hydrogen-bond donors (Lipinski definition) is 1. The fourth-order valence-corrected chi connectivity index (χ4v) is 3.94. The number of nitrogens with two attached hydrogens (primary N) is 1. The Morgan fingerprint density at radius 3 is 2.12 bits per heavy atom. The van der Waals surface area contributed by atoms with E-state index < -0.39 is 0 Å². The van der Waals surface area contributed by atoms with Gasteiger partial charge in [0.2, 0.25) is 11.8 Å². The first-order valence-corrected chi connectivity index (χ1v) is 9.51. The molecule has 0 spiro atoms. The Hall–Kier alpha value is -1.88. The zero-order chi connectivity index (χ0) is 17.6. The molecule has 3 rings (SSSR count). The van der Waals surface area contributed by atoms with Crippen molar-refractivity contribution < 1.29 is 9.59 Å². The van der Waals surface area contributed by atoms with Gasteiger partial charge in [-0.05, 0) is 18.4 Å². The Morgan fingerprint density at radius 1 is 0.880 bits per heavy atom. The summed E-state index contributed by atoms with van der Waals surface area (Å²) < 4.78 is 0. The zero-order valence-corrected chi connectivity index (χ0v) is 14.9. The van der Waals surface area contributed by atoms with Crippen LogP contribution in [0, 0.1) is 0 Å². The fraction of sp³-hybridized carbons (Fsp3) is 0.600. The van der Waals surface area contributed by atoms with Gasteiger partial charge in [-0.2, -0.15) is 0 Å². The molecule has 2 unspecified atom stereocenters. The average molecular weight is 343 g/mol. The second-order valence-electron chi connectivity index (χ2n) is 7.27. The lowest BCUT2D eigenvalue weighted by Gasteiger charge is -2.21. The van der Waals surface area contributed by atoms with Crippen molar-refractivity contribution in [1.29, 1.82) is 0 Å². The Kier molecular flexibility index (Phi) is 6.08. The number of benzene rings is 1. The van der Waals surface area contributed by atoms with Crippen LogP contribution in [0.2, 0.25) is 0 Å². The highest BCUT2D eigenvalue weighted by atomic mass is 16.2. The van der Waals surface area contributed by atoms with Gasteiger partial charge in [-0.3, -0.25) is 9.59 Å². The van der Waals surface area contributed by atoms with E-state index in [1.54, 1.807) is 0 Å². The van der Waals surface area contributed by atoms with E-state index in [0.29, 0.717) is 25.9 Å². The van der Waals surface area contributed by atoms with Gasteiger partial charge in [-0.1, -0.05) is 43.2 Å². The molecule has 0 aliphatic carbocycles. The van der Waals surface area contributed by atoms with Crippen LogP contribution >= 0.6 is 0 Å². The maximum absolute atomic E-state index is 12.5. The molecule has 0 bridgehead atoms. The number of amides is 2. The fourth-order valence-electron chi connectivity index (χ4n) is 3.94. The summed E-state index contributed by atoms with van der Waals surface area (Å²) in [6.07, 6.45) is 5.19. The number of carbonyl (C=O) groups is 2. The summed E-state index contributed by atoms with van der Waals surface area (Å²) in [6.45, 7) is 2.92. The topological polar surface area (TPSA) is 66.6 Å². The summed E-state index contributed by atoms with van der Waals surface area (Å²) in [6, 6.07) is 10.1. The van der Waals surface area contributed by atoms with E-state index in [2.05, 4.69) is 12.1 Å². The van der Waals surface area contributed by atoms with Gasteiger partial charge in [0.05, 0.1) is 0 Å². The predicted molar refractivity (Wildman–Crippen MR) is 98.0 cm³/mol. The lowest BCUT2D eigenvalue weighted by molar-refractivity contribution is -0.136. The van der Waals surface area contributed by atoms with Crippen LogP contribution in [0.3, 0.4) is 0 Å². The van der Waals surface area contributed by atoms with Gasteiger partial charge in [-0.15, -0.1) is 0 Å². The van der Waals surface area contributed by atoms with Crippen molar-refractivity contribution in [2.45, 2.75) is 50.5 Å². The number of rotatable bonds is 4. The van der Waals surface area contributed by atoms with Crippen LogP contribution in [-0.4, -0.2) is 53.8 Å². The summed E-state index contributed by atoms with van der Waals surface area (Å²) in [5.74, 6) is 0.363. The Morgan fingerprint density at radius 2 is 1.48 bits per heavy atom. The molecule has 5 heteroatoms. The van der Waals surface area contributed by atoms with Crippen LogP contribution in [-0.2, 0) is 9.59 Å². The standard InChI is InChI=1S/C20H29N3O2/c21-18-15-23(14-17(18)16-8-4-3-5-9-16)20(25)11-10-19(24)22-12-6-1-2-7-13-22/h3-5,8-9,17-18H,1-2,6-7,10-15,21H2. The Balaban J connectivity index is 1.49. The maximum Gasteiger partial charge on any atom is 0.223 e. The minimum atomic E-state index is -0.0346. The maximum atomic E-state index is 12.5. The smallest absolute Gasteiger partial charge is 0.223 e. The first kappa shape index (κ1) is 17.9. The van der Waals surface area contributed by atoms with Gasteiger partial charge >= 0.3 is 0 Å². The highest BCUT2D eigenvalue weighted by molar-refractivity contribution is 5.84. The molecule has 25 heavy (non-hydrogen) atoms. The number of nitrogens with zero attached hydrogens (tertiary/aromatic N) is 2. The second kappa shape index (κ2) is 8.48. The molecule has 0 aromatic heterocycles. The normalized spacial score (nSPS) is 24.2. The molecule has 2 atom stereocenters. The van der Waals surface area contributed by atoms with Crippen LogP contribution in [0.25, 0.3) is 0 Å². The summed E-state index contributed by atoms with van der Waals surface area (Å²) in [5, 5.41) is 0. The number of likely N-dealkylation sites (tertiary alicyclic amines) is 2. The third-order valence-corrected chi connectivity index (χ3v) is 5.46. The first-order valence-electron chi connectivity index (χ1n) is 9.51. The van der Waals surface area contributed by atoms with E-state index in [0.717, 1.165) is 25.9 Å². The summed E-state index contributed by atoms with van der Waals surface area (Å²) >= 11 is 0. The summed E-state index contributed by atoms with van der Waals surface area (Å²) in [4.78, 5) is 28.6. The first-order chi connectivity index (χ1) is 12.1. The lowest BCUT2D eigenvalue weighted by Crippen LogP contribution is -2.35. The van der Waals surface area contributed by atoms with E-state index >= 15 is 0 Å². The average Bonchev–Trinajstić information content (AvgIpc) is 2.85. The molecule has 2 saturated heterocycles. The van der Waals surface area contributed by atoms with E-state index in [1.807, 2.05) is 28.0 Å². The van der Waals surface area contributed by atoms with E-state index in [4.69, 9.17) is 5.73 Å². The zero-order valence-electron chi connectivity index (χ0n) is 14.9. The third-order valence-electron chi connectivity index (χ3n) is 5.46. The van der Waals surface area contributed by atoms with Gasteiger partial charge < -0.3 is 15.5 Å². The Bertz CT molecular complexity index is 582. The van der Waals surface area contributed by atoms with E-state index in [-0.39, 0.29) is 23.8 Å². The molecule has 2 fully saturated rings. The third kappa shape index (κ3) is 4.60. The van der Waals surface area contributed by atoms with Gasteiger partial charge in [0.1, 0.15) is 0 Å². The molecule has 2 aliphatic rings. The van der Waals surface area contributed by atoms with Crippen molar-refractivity contribution in [2.75, 3.05) is 26.2 Å². The molecule has 2 amide bonds. The van der Waals surface area contributed by atoms with Crippen molar-refractivity contribution in [3.8, 4) is 0 Å². The predicted octanol–water partition coefficient (Wildman–Crippen LogP) is 2.12.